The first-order chi connectivity index (χ1) is 10.0. The molecule has 0 aliphatic heterocycles. The van der Waals surface area contributed by atoms with Crippen molar-refractivity contribution in [2.24, 2.45) is 0 Å². The van der Waals surface area contributed by atoms with E-state index in [0.717, 1.165) is 16.5 Å². The number of halogens is 1. The van der Waals surface area contributed by atoms with Crippen LogP contribution in [0.1, 0.15) is 18.1 Å². The number of nitrogens with one attached hydrogen (secondary N) is 1. The number of aromatic nitrogens is 2. The predicted molar refractivity (Wildman–Crippen MR) is 76.6 cm³/mol. The van der Waals surface area contributed by atoms with Gasteiger partial charge in [0.05, 0.1) is 30.3 Å². The number of ether oxygens (including phenoxy) is 2. The van der Waals surface area contributed by atoms with Crippen LogP contribution in [-0.4, -0.2) is 29.2 Å². The molecule has 1 radical (unpaired) electrons. The van der Waals surface area contributed by atoms with E-state index in [1.165, 1.54) is 20.5 Å². The third-order valence-electron chi connectivity index (χ3n) is 3.00. The molecule has 0 saturated carbocycles. The van der Waals surface area contributed by atoms with Crippen molar-refractivity contribution in [3.8, 4) is 0 Å². The van der Waals surface area contributed by atoms with E-state index in [9.17, 15) is 9.59 Å². The highest BCUT2D eigenvalue weighted by molar-refractivity contribution is 6.35. The minimum atomic E-state index is -0.433. The molecule has 1 heterocycles. The fourth-order valence-electron chi connectivity index (χ4n) is 1.99. The van der Waals surface area contributed by atoms with Crippen LogP contribution in [0.2, 0.25) is 5.02 Å². The molecule has 0 spiro atoms. The van der Waals surface area contributed by atoms with E-state index in [1.54, 1.807) is 12.3 Å². The molecular weight excluding hydrogens is 296 g/mol. The number of fused-ring (bicyclic) bond motifs is 1. The fourth-order valence-corrected chi connectivity index (χ4v) is 2.26. The molecule has 7 heteroatoms. The molecule has 0 bridgehead atoms. The zero-order valence-electron chi connectivity index (χ0n) is 11.6. The van der Waals surface area contributed by atoms with Crippen LogP contribution in [0.25, 0.3) is 10.9 Å². The molecule has 2 aromatic rings. The van der Waals surface area contributed by atoms with Gasteiger partial charge in [0.2, 0.25) is 0 Å². The van der Waals surface area contributed by atoms with Crippen LogP contribution in [0.4, 0.5) is 0 Å². The molecule has 1 N–H and O–H groups in total. The Labute approximate surface area is 126 Å². The number of rotatable bonds is 5. The minimum Gasteiger partial charge on any atom is -0.469 e. The van der Waals surface area contributed by atoms with Crippen LogP contribution in [0.5, 0.6) is 0 Å². The van der Waals surface area contributed by atoms with E-state index in [2.05, 4.69) is 14.9 Å². The number of aromatic amines is 1. The van der Waals surface area contributed by atoms with Gasteiger partial charge in [0.25, 0.3) is 0 Å². The standard InChI is InChI=1S/C14H14ClN2O4/c1-8(18)21-7-11-9(3-4-13(19)20-2)5-12(15)14-10(11)6-16-17-14/h4-6H,3,7H2,1-2H3,(H,16,17). The highest BCUT2D eigenvalue weighted by atomic mass is 35.5. The van der Waals surface area contributed by atoms with Gasteiger partial charge in [0, 0.05) is 17.9 Å². The summed E-state index contributed by atoms with van der Waals surface area (Å²) in [5.74, 6) is -0.818. The normalized spacial score (nSPS) is 10.6. The fraction of sp³-hybridized carbons (Fsp3) is 0.286. The van der Waals surface area contributed by atoms with Gasteiger partial charge in [-0.05, 0) is 18.1 Å². The van der Waals surface area contributed by atoms with Crippen molar-refractivity contribution >= 4 is 34.4 Å². The first-order valence-corrected chi connectivity index (χ1v) is 6.58. The Kier molecular flexibility index (Phi) is 4.80. The molecule has 0 aliphatic carbocycles. The molecule has 1 aromatic heterocycles. The Morgan fingerprint density at radius 3 is 2.90 bits per heavy atom. The maximum absolute atomic E-state index is 11.2. The molecule has 21 heavy (non-hydrogen) atoms. The lowest BCUT2D eigenvalue weighted by Crippen LogP contribution is -2.07. The van der Waals surface area contributed by atoms with Crippen LogP contribution in [0.15, 0.2) is 12.3 Å². The monoisotopic (exact) mass is 309 g/mol. The number of esters is 2. The van der Waals surface area contributed by atoms with Gasteiger partial charge in [-0.2, -0.15) is 5.10 Å². The second-order valence-corrected chi connectivity index (χ2v) is 4.77. The average molecular weight is 310 g/mol. The number of nitrogens with zero attached hydrogens (tertiary/aromatic N) is 1. The number of benzene rings is 1. The Morgan fingerprint density at radius 2 is 2.24 bits per heavy atom. The van der Waals surface area contributed by atoms with Crippen molar-refractivity contribution in [1.82, 2.24) is 10.2 Å². The van der Waals surface area contributed by atoms with Crippen LogP contribution in [0, 0.1) is 6.42 Å². The lowest BCUT2D eigenvalue weighted by Gasteiger charge is -2.11. The zero-order chi connectivity index (χ0) is 15.4. The number of H-pyrrole nitrogens is 1. The second-order valence-electron chi connectivity index (χ2n) is 4.37. The third kappa shape index (κ3) is 3.52. The van der Waals surface area contributed by atoms with Crippen molar-refractivity contribution in [2.75, 3.05) is 7.11 Å². The number of hydrogen-bond acceptors (Lipinski definition) is 5. The molecule has 0 aliphatic rings. The summed E-state index contributed by atoms with van der Waals surface area (Å²) in [5, 5.41) is 7.99. The Morgan fingerprint density at radius 1 is 1.48 bits per heavy atom. The van der Waals surface area contributed by atoms with Gasteiger partial charge in [0.1, 0.15) is 6.61 Å². The van der Waals surface area contributed by atoms with Crippen LogP contribution >= 0.6 is 11.6 Å². The van der Waals surface area contributed by atoms with Crippen molar-refractivity contribution in [2.45, 2.75) is 20.0 Å². The molecule has 111 valence electrons. The van der Waals surface area contributed by atoms with Crippen molar-refractivity contribution in [1.29, 1.82) is 0 Å². The van der Waals surface area contributed by atoms with Gasteiger partial charge in [-0.15, -0.1) is 0 Å². The Bertz CT molecular complexity index is 681. The molecule has 1 aromatic carbocycles. The third-order valence-corrected chi connectivity index (χ3v) is 3.30. The second kappa shape index (κ2) is 6.58. The van der Waals surface area contributed by atoms with Gasteiger partial charge in [-0.25, -0.2) is 0 Å². The number of carbonyl (C=O) groups is 2. The lowest BCUT2D eigenvalue weighted by molar-refractivity contribution is -0.142. The summed E-state index contributed by atoms with van der Waals surface area (Å²) in [6.07, 6.45) is 3.33. The average Bonchev–Trinajstić information content (AvgIpc) is 2.93. The maximum Gasteiger partial charge on any atom is 0.309 e. The van der Waals surface area contributed by atoms with Gasteiger partial charge in [-0.3, -0.25) is 14.7 Å². The summed E-state index contributed by atoms with van der Waals surface area (Å²) in [5.41, 5.74) is 2.21. The van der Waals surface area contributed by atoms with Crippen molar-refractivity contribution < 1.29 is 19.1 Å². The smallest absolute Gasteiger partial charge is 0.309 e. The summed E-state index contributed by atoms with van der Waals surface area (Å²) in [4.78, 5) is 22.3. The van der Waals surface area contributed by atoms with Crippen LogP contribution in [0.3, 0.4) is 0 Å². The molecule has 2 rings (SSSR count). The topological polar surface area (TPSA) is 81.3 Å². The van der Waals surface area contributed by atoms with Crippen LogP contribution in [-0.2, 0) is 32.1 Å². The quantitative estimate of drug-likeness (QED) is 0.856. The number of hydrogen-bond donors (Lipinski definition) is 1. The Hall–Kier alpha value is -2.08. The summed E-state index contributed by atoms with van der Waals surface area (Å²) >= 11 is 6.18. The number of carbonyl (C=O) groups excluding carboxylic acids is 2. The highest BCUT2D eigenvalue weighted by Crippen LogP contribution is 2.29. The van der Waals surface area contributed by atoms with Gasteiger partial charge >= 0.3 is 11.9 Å². The minimum absolute atomic E-state index is 0.0902. The molecule has 0 amide bonds. The zero-order valence-corrected chi connectivity index (χ0v) is 12.4. The lowest BCUT2D eigenvalue weighted by atomic mass is 10.00. The molecular formula is C14H14ClN2O4. The Balaban J connectivity index is 2.38. The van der Waals surface area contributed by atoms with E-state index in [0.29, 0.717) is 17.0 Å². The maximum atomic E-state index is 11.2. The van der Waals surface area contributed by atoms with E-state index in [-0.39, 0.29) is 12.6 Å². The summed E-state index contributed by atoms with van der Waals surface area (Å²) in [6.45, 7) is 1.43. The molecule has 0 atom stereocenters. The highest BCUT2D eigenvalue weighted by Gasteiger charge is 2.15. The summed E-state index contributed by atoms with van der Waals surface area (Å²) in [6, 6.07) is 1.72. The van der Waals surface area contributed by atoms with E-state index >= 15 is 0 Å². The largest absolute Gasteiger partial charge is 0.469 e. The molecule has 0 fully saturated rings. The predicted octanol–water partition coefficient (Wildman–Crippen LogP) is 2.20. The first-order valence-electron chi connectivity index (χ1n) is 6.20. The SMILES string of the molecule is COC(=O)[CH]Cc1cc(Cl)c2[nH]ncc2c1COC(C)=O. The first kappa shape index (κ1) is 15.3. The van der Waals surface area contributed by atoms with Gasteiger partial charge in [0.15, 0.2) is 0 Å². The molecule has 0 saturated heterocycles. The number of methoxy groups -OCH3 is 1. The molecule has 0 unspecified atom stereocenters. The van der Waals surface area contributed by atoms with Crippen molar-refractivity contribution in [3.05, 3.63) is 34.8 Å². The summed E-state index contributed by atoms with van der Waals surface area (Å²) in [7, 11) is 1.31. The van der Waals surface area contributed by atoms with Gasteiger partial charge in [-0.1, -0.05) is 11.6 Å². The van der Waals surface area contributed by atoms with E-state index in [1.807, 2.05) is 0 Å². The van der Waals surface area contributed by atoms with Gasteiger partial charge < -0.3 is 9.47 Å². The van der Waals surface area contributed by atoms with Crippen LogP contribution < -0.4 is 0 Å². The van der Waals surface area contributed by atoms with E-state index < -0.39 is 5.97 Å². The summed E-state index contributed by atoms with van der Waals surface area (Å²) < 4.78 is 9.65. The van der Waals surface area contributed by atoms with E-state index in [4.69, 9.17) is 16.3 Å². The van der Waals surface area contributed by atoms with Crippen molar-refractivity contribution in [3.63, 3.8) is 0 Å². The molecule has 6 nitrogen and oxygen atoms in total.